The van der Waals surface area contributed by atoms with Gasteiger partial charge in [0.1, 0.15) is 5.75 Å². The van der Waals surface area contributed by atoms with Gasteiger partial charge in [0.15, 0.2) is 5.82 Å². The van der Waals surface area contributed by atoms with E-state index >= 15 is 0 Å². The summed E-state index contributed by atoms with van der Waals surface area (Å²) in [7, 11) is 0. The molecule has 2 N–H and O–H groups in total. The minimum Gasteiger partial charge on any atom is -0.493 e. The van der Waals surface area contributed by atoms with Crippen molar-refractivity contribution < 1.29 is 14.6 Å². The van der Waals surface area contributed by atoms with Crippen LogP contribution >= 0.6 is 11.6 Å². The Kier molecular flexibility index (Phi) is 5.57. The Bertz CT molecular complexity index is 1070. The second-order valence-electron chi connectivity index (χ2n) is 5.94. The molecule has 0 atom stereocenters. The van der Waals surface area contributed by atoms with Gasteiger partial charge >= 0.3 is 5.97 Å². The van der Waals surface area contributed by atoms with Crippen LogP contribution in [0.2, 0.25) is 0 Å². The van der Waals surface area contributed by atoms with Crippen molar-refractivity contribution in [3.63, 3.8) is 0 Å². The summed E-state index contributed by atoms with van der Waals surface area (Å²) in [6.45, 7) is 1.99. The van der Waals surface area contributed by atoms with Gasteiger partial charge in [-0.1, -0.05) is 35.9 Å². The Labute approximate surface area is 160 Å². The fraction of sp³-hybridized carbons (Fsp3) is 0.150. The summed E-state index contributed by atoms with van der Waals surface area (Å²) in [6, 6.07) is 12.4. The molecule has 0 amide bonds. The minimum atomic E-state index is -0.909. The molecule has 0 aliphatic carbocycles. The van der Waals surface area contributed by atoms with Gasteiger partial charge in [-0.15, -0.1) is 0 Å². The summed E-state index contributed by atoms with van der Waals surface area (Å²) in [5.74, 6) is -0.0453. The average molecular weight is 385 g/mol. The lowest BCUT2D eigenvalue weighted by atomic mass is 10.1. The molecule has 0 fully saturated rings. The lowest BCUT2D eigenvalue weighted by molar-refractivity contribution is -0.137. The monoisotopic (exact) mass is 384 g/mol. The molecule has 3 rings (SSSR count). The molecule has 0 saturated carbocycles. The molecule has 7 heteroatoms. The number of halogens is 1. The number of H-pyrrole nitrogens is 1. The van der Waals surface area contributed by atoms with Gasteiger partial charge in [0.2, 0.25) is 0 Å². The van der Waals surface area contributed by atoms with Crippen LogP contribution in [0.4, 0.5) is 0 Å². The Morgan fingerprint density at radius 1 is 1.26 bits per heavy atom. The van der Waals surface area contributed by atoms with Crippen molar-refractivity contribution in [3.8, 4) is 5.75 Å². The molecule has 0 aliphatic rings. The normalized spacial score (nSPS) is 11.6. The Morgan fingerprint density at radius 2 is 2.00 bits per heavy atom. The molecule has 0 saturated heterocycles. The summed E-state index contributed by atoms with van der Waals surface area (Å²) in [5, 5.41) is 9.43. The van der Waals surface area contributed by atoms with E-state index in [2.05, 4.69) is 9.97 Å². The van der Waals surface area contributed by atoms with E-state index in [1.54, 1.807) is 36.4 Å². The van der Waals surface area contributed by atoms with Crippen molar-refractivity contribution in [1.82, 2.24) is 9.97 Å². The Morgan fingerprint density at radius 3 is 2.70 bits per heavy atom. The number of aromatic amines is 1. The van der Waals surface area contributed by atoms with Crippen LogP contribution in [0.5, 0.6) is 5.75 Å². The number of carbonyl (C=O) groups is 1. The fourth-order valence-electron chi connectivity index (χ4n) is 2.55. The third-order valence-corrected chi connectivity index (χ3v) is 4.21. The highest BCUT2D eigenvalue weighted by molar-refractivity contribution is 6.50. The third-order valence-electron chi connectivity index (χ3n) is 3.92. The molecule has 0 aliphatic heterocycles. The van der Waals surface area contributed by atoms with Crippen molar-refractivity contribution in [1.29, 1.82) is 0 Å². The van der Waals surface area contributed by atoms with E-state index in [0.29, 0.717) is 27.5 Å². The fourth-order valence-corrected chi connectivity index (χ4v) is 2.76. The predicted molar refractivity (Wildman–Crippen MR) is 105 cm³/mol. The van der Waals surface area contributed by atoms with Crippen molar-refractivity contribution in [2.75, 3.05) is 6.61 Å². The van der Waals surface area contributed by atoms with Crippen LogP contribution in [0, 0.1) is 6.92 Å². The van der Waals surface area contributed by atoms with Gasteiger partial charge in [-0.05, 0) is 42.3 Å². The number of fused-ring (bicyclic) bond motifs is 1. The molecule has 138 valence electrons. The summed E-state index contributed by atoms with van der Waals surface area (Å²) in [5.41, 5.74) is 2.06. The van der Waals surface area contributed by atoms with Crippen LogP contribution in [-0.4, -0.2) is 27.7 Å². The van der Waals surface area contributed by atoms with Crippen molar-refractivity contribution in [2.45, 2.75) is 13.3 Å². The largest absolute Gasteiger partial charge is 0.493 e. The van der Waals surface area contributed by atoms with E-state index in [-0.39, 0.29) is 18.6 Å². The minimum absolute atomic E-state index is 0.0616. The molecule has 0 radical (unpaired) electrons. The van der Waals surface area contributed by atoms with Gasteiger partial charge in [0.05, 0.1) is 29.0 Å². The molecule has 27 heavy (non-hydrogen) atoms. The lowest BCUT2D eigenvalue weighted by Gasteiger charge is -2.06. The number of aryl methyl sites for hydroxylation is 1. The SMILES string of the molecule is Cc1cccc2c(=O)[nH]c(/C(Cl)=C/c3ccc(OCCC(=O)O)cc3)nc12. The van der Waals surface area contributed by atoms with Gasteiger partial charge in [-0.25, -0.2) is 4.98 Å². The first-order chi connectivity index (χ1) is 12.9. The first-order valence-corrected chi connectivity index (χ1v) is 8.64. The number of ether oxygens (including phenoxy) is 1. The zero-order valence-electron chi connectivity index (χ0n) is 14.5. The maximum atomic E-state index is 12.3. The van der Waals surface area contributed by atoms with E-state index in [1.165, 1.54) is 0 Å². The van der Waals surface area contributed by atoms with E-state index in [1.807, 2.05) is 19.1 Å². The third kappa shape index (κ3) is 4.54. The Balaban J connectivity index is 1.83. The second-order valence-corrected chi connectivity index (χ2v) is 6.35. The first-order valence-electron chi connectivity index (χ1n) is 8.26. The number of benzene rings is 2. The molecule has 1 aromatic heterocycles. The van der Waals surface area contributed by atoms with Crippen LogP contribution in [0.15, 0.2) is 47.3 Å². The van der Waals surface area contributed by atoms with E-state index in [0.717, 1.165) is 11.1 Å². The number of aromatic nitrogens is 2. The highest BCUT2D eigenvalue weighted by Gasteiger charge is 2.08. The molecule has 0 spiro atoms. The number of hydrogen-bond donors (Lipinski definition) is 2. The van der Waals surface area contributed by atoms with Crippen LogP contribution in [-0.2, 0) is 4.79 Å². The predicted octanol–water partition coefficient (Wildman–Crippen LogP) is 3.82. The molecular weight excluding hydrogens is 368 g/mol. The summed E-state index contributed by atoms with van der Waals surface area (Å²) < 4.78 is 5.34. The number of rotatable bonds is 6. The van der Waals surface area contributed by atoms with Gasteiger partial charge in [-0.2, -0.15) is 0 Å². The molecule has 6 nitrogen and oxygen atoms in total. The second kappa shape index (κ2) is 8.05. The van der Waals surface area contributed by atoms with E-state index in [9.17, 15) is 9.59 Å². The zero-order chi connectivity index (χ0) is 19.4. The van der Waals surface area contributed by atoms with Gasteiger partial charge in [0, 0.05) is 0 Å². The molecule has 1 heterocycles. The van der Waals surface area contributed by atoms with Crippen LogP contribution in [0.25, 0.3) is 22.0 Å². The highest BCUT2D eigenvalue weighted by atomic mass is 35.5. The Hall–Kier alpha value is -3.12. The number of hydrogen-bond acceptors (Lipinski definition) is 4. The van der Waals surface area contributed by atoms with Crippen LogP contribution in [0.3, 0.4) is 0 Å². The first kappa shape index (κ1) is 18.7. The average Bonchev–Trinajstić information content (AvgIpc) is 2.63. The van der Waals surface area contributed by atoms with Gasteiger partial charge in [0.25, 0.3) is 5.56 Å². The molecule has 3 aromatic rings. The van der Waals surface area contributed by atoms with E-state index < -0.39 is 5.97 Å². The lowest BCUT2D eigenvalue weighted by Crippen LogP contribution is -2.11. The van der Waals surface area contributed by atoms with Gasteiger partial charge < -0.3 is 14.8 Å². The van der Waals surface area contributed by atoms with Gasteiger partial charge in [-0.3, -0.25) is 9.59 Å². The van der Waals surface area contributed by atoms with Crippen molar-refractivity contribution in [3.05, 3.63) is 69.8 Å². The standard InChI is InChI=1S/C20H17ClN2O4/c1-12-3-2-4-15-18(12)22-19(23-20(15)26)16(21)11-13-5-7-14(8-6-13)27-10-9-17(24)25/h2-8,11H,9-10H2,1H3,(H,24,25)(H,22,23,26)/b16-11-. The van der Waals surface area contributed by atoms with Crippen molar-refractivity contribution in [2.24, 2.45) is 0 Å². The molecule has 0 unspecified atom stereocenters. The molecule has 2 aromatic carbocycles. The summed E-state index contributed by atoms with van der Waals surface area (Å²) in [4.78, 5) is 29.9. The van der Waals surface area contributed by atoms with Crippen LogP contribution in [0.1, 0.15) is 23.4 Å². The molecular formula is C20H17ClN2O4. The van der Waals surface area contributed by atoms with E-state index in [4.69, 9.17) is 21.4 Å². The topological polar surface area (TPSA) is 92.3 Å². The summed E-state index contributed by atoms with van der Waals surface area (Å²) in [6.07, 6.45) is 1.62. The quantitative estimate of drug-likeness (QED) is 0.674. The highest BCUT2D eigenvalue weighted by Crippen LogP contribution is 2.22. The maximum absolute atomic E-state index is 12.3. The smallest absolute Gasteiger partial charge is 0.306 e. The molecule has 0 bridgehead atoms. The van der Waals surface area contributed by atoms with Crippen molar-refractivity contribution >= 4 is 39.6 Å². The summed E-state index contributed by atoms with van der Waals surface area (Å²) >= 11 is 6.36. The number of nitrogens with one attached hydrogen (secondary N) is 1. The number of carboxylic acids is 1. The maximum Gasteiger partial charge on any atom is 0.306 e. The number of nitrogens with zero attached hydrogens (tertiary/aromatic N) is 1. The number of para-hydroxylation sites is 1. The number of aliphatic carboxylic acids is 1. The number of carboxylic acid groups (broad SMARTS) is 1. The zero-order valence-corrected chi connectivity index (χ0v) is 15.3. The van der Waals surface area contributed by atoms with Crippen LogP contribution < -0.4 is 10.3 Å².